The van der Waals surface area contributed by atoms with Crippen molar-refractivity contribution in [2.75, 3.05) is 24.8 Å². The zero-order valence-corrected chi connectivity index (χ0v) is 18.9. The second kappa shape index (κ2) is 9.76. The van der Waals surface area contributed by atoms with E-state index in [4.69, 9.17) is 9.47 Å². The first kappa shape index (κ1) is 23.6. The van der Waals surface area contributed by atoms with E-state index in [0.29, 0.717) is 18.2 Å². The van der Waals surface area contributed by atoms with Crippen LogP contribution >= 0.6 is 11.8 Å². The summed E-state index contributed by atoms with van der Waals surface area (Å²) >= 11 is 1.11. The Morgan fingerprint density at radius 1 is 1.33 bits per heavy atom. The van der Waals surface area contributed by atoms with Gasteiger partial charge in [0.25, 0.3) is 0 Å². The molecule has 0 spiro atoms. The molecule has 2 aromatic rings. The first-order valence-corrected chi connectivity index (χ1v) is 11.7. The molecule has 2 heterocycles. The highest BCUT2D eigenvalue weighted by molar-refractivity contribution is 8.00. The molecular formula is C22H24F3N3O4S. The number of halogens is 3. The minimum Gasteiger partial charge on any atom is -0.495 e. The smallest absolute Gasteiger partial charge is 0.416 e. The molecule has 1 amide bonds. The number of alkyl halides is 3. The van der Waals surface area contributed by atoms with Gasteiger partial charge in [-0.3, -0.25) is 9.36 Å². The summed E-state index contributed by atoms with van der Waals surface area (Å²) < 4.78 is 51.5. The van der Waals surface area contributed by atoms with Crippen LogP contribution in [0.25, 0.3) is 0 Å². The fourth-order valence-corrected chi connectivity index (χ4v) is 5.06. The number of carbonyl (C=O) groups excluding carboxylic acids is 1. The van der Waals surface area contributed by atoms with Crippen LogP contribution in [0.4, 0.5) is 18.9 Å². The van der Waals surface area contributed by atoms with Gasteiger partial charge in [-0.2, -0.15) is 18.2 Å². The van der Waals surface area contributed by atoms with E-state index in [1.165, 1.54) is 7.11 Å². The van der Waals surface area contributed by atoms with Gasteiger partial charge in [-0.15, -0.1) is 0 Å². The number of ether oxygens (including phenoxy) is 2. The Hall–Kier alpha value is -2.53. The molecule has 4 rings (SSSR count). The van der Waals surface area contributed by atoms with Gasteiger partial charge in [-0.25, -0.2) is 4.79 Å². The zero-order valence-electron chi connectivity index (χ0n) is 18.0. The van der Waals surface area contributed by atoms with Crippen LogP contribution in [0.15, 0.2) is 28.0 Å². The lowest BCUT2D eigenvalue weighted by Gasteiger charge is -2.17. The quantitative estimate of drug-likeness (QED) is 0.478. The third-order valence-electron chi connectivity index (χ3n) is 5.75. The van der Waals surface area contributed by atoms with E-state index in [1.54, 1.807) is 4.57 Å². The number of thioether (sulfide) groups is 1. The number of anilines is 1. The third kappa shape index (κ3) is 5.35. The summed E-state index contributed by atoms with van der Waals surface area (Å²) in [5, 5.41) is 2.98. The van der Waals surface area contributed by atoms with Crippen molar-refractivity contribution in [3.8, 4) is 5.75 Å². The number of amides is 1. The van der Waals surface area contributed by atoms with Gasteiger partial charge in [-0.1, -0.05) is 11.8 Å². The summed E-state index contributed by atoms with van der Waals surface area (Å²) in [6, 6.07) is 2.89. The van der Waals surface area contributed by atoms with Gasteiger partial charge in [0.15, 0.2) is 0 Å². The molecule has 178 valence electrons. The highest BCUT2D eigenvalue weighted by Crippen LogP contribution is 2.35. The second-order valence-corrected chi connectivity index (χ2v) is 8.94. The molecule has 1 fully saturated rings. The van der Waals surface area contributed by atoms with E-state index < -0.39 is 17.6 Å². The summed E-state index contributed by atoms with van der Waals surface area (Å²) in [6.45, 7) is 1.18. The minimum atomic E-state index is -4.54. The molecule has 1 aliphatic carbocycles. The Morgan fingerprint density at radius 2 is 2.15 bits per heavy atom. The lowest BCUT2D eigenvalue weighted by molar-refractivity contribution is -0.137. The van der Waals surface area contributed by atoms with Crippen molar-refractivity contribution in [2.24, 2.45) is 0 Å². The molecule has 0 radical (unpaired) electrons. The van der Waals surface area contributed by atoms with Crippen LogP contribution in [0.3, 0.4) is 0 Å². The molecule has 1 saturated heterocycles. The maximum atomic E-state index is 13.0. The van der Waals surface area contributed by atoms with Gasteiger partial charge in [0.1, 0.15) is 10.8 Å². The number of carbonyl (C=O) groups is 1. The number of rotatable bonds is 7. The van der Waals surface area contributed by atoms with E-state index in [0.717, 1.165) is 73.3 Å². The molecule has 7 nitrogen and oxygen atoms in total. The van der Waals surface area contributed by atoms with Crippen LogP contribution in [-0.4, -0.2) is 41.0 Å². The van der Waals surface area contributed by atoms with Gasteiger partial charge < -0.3 is 14.8 Å². The number of nitrogens with zero attached hydrogens (tertiary/aromatic N) is 2. The van der Waals surface area contributed by atoms with Crippen molar-refractivity contribution in [1.29, 1.82) is 0 Å². The molecule has 11 heteroatoms. The second-order valence-electron chi connectivity index (χ2n) is 7.97. The lowest BCUT2D eigenvalue weighted by Crippen LogP contribution is -2.31. The minimum absolute atomic E-state index is 0.0147. The molecule has 2 aliphatic rings. The Labute approximate surface area is 192 Å². The van der Waals surface area contributed by atoms with Crippen LogP contribution in [0.2, 0.25) is 0 Å². The Kier molecular flexibility index (Phi) is 6.99. The number of benzene rings is 1. The van der Waals surface area contributed by atoms with Crippen molar-refractivity contribution < 1.29 is 27.4 Å². The summed E-state index contributed by atoms with van der Waals surface area (Å²) in [4.78, 5) is 29.4. The topological polar surface area (TPSA) is 82.5 Å². The molecule has 1 aliphatic heterocycles. The average Bonchev–Trinajstić information content (AvgIpc) is 3.46. The number of hydrogen-bond acceptors (Lipinski definition) is 6. The molecule has 1 unspecified atom stereocenters. The molecular weight excluding hydrogens is 459 g/mol. The Bertz CT molecular complexity index is 1100. The highest BCUT2D eigenvalue weighted by Gasteiger charge is 2.31. The van der Waals surface area contributed by atoms with E-state index in [1.807, 2.05) is 0 Å². The van der Waals surface area contributed by atoms with Crippen LogP contribution in [0.5, 0.6) is 5.75 Å². The van der Waals surface area contributed by atoms with Gasteiger partial charge >= 0.3 is 11.9 Å². The van der Waals surface area contributed by atoms with Gasteiger partial charge in [-0.05, 0) is 50.3 Å². The number of nitrogens with one attached hydrogen (secondary N) is 1. The maximum Gasteiger partial charge on any atom is 0.416 e. The maximum absolute atomic E-state index is 13.0. The molecule has 1 aromatic carbocycles. The normalized spacial score (nSPS) is 17.8. The molecule has 0 saturated carbocycles. The SMILES string of the molecule is COc1ccc(C(F)(F)F)cc1NC(=O)CSc1nc(=O)n(CC2CCCO2)c2c1CCC2. The number of aromatic nitrogens is 2. The van der Waals surface area contributed by atoms with Gasteiger partial charge in [0, 0.05) is 17.9 Å². The van der Waals surface area contributed by atoms with Crippen molar-refractivity contribution >= 4 is 23.4 Å². The highest BCUT2D eigenvalue weighted by atomic mass is 32.2. The van der Waals surface area contributed by atoms with Crippen LogP contribution < -0.4 is 15.7 Å². The van der Waals surface area contributed by atoms with Crippen molar-refractivity contribution in [2.45, 2.75) is 56.0 Å². The van der Waals surface area contributed by atoms with Crippen LogP contribution in [0.1, 0.15) is 36.1 Å². The van der Waals surface area contributed by atoms with Crippen molar-refractivity contribution in [3.05, 3.63) is 45.5 Å². The molecule has 1 N–H and O–H groups in total. The van der Waals surface area contributed by atoms with E-state index in [2.05, 4.69) is 10.3 Å². The predicted molar refractivity (Wildman–Crippen MR) is 117 cm³/mol. The Balaban J connectivity index is 1.47. The lowest BCUT2D eigenvalue weighted by atomic mass is 10.2. The van der Waals surface area contributed by atoms with Gasteiger partial charge in [0.05, 0.1) is 36.8 Å². The number of hydrogen-bond donors (Lipinski definition) is 1. The summed E-state index contributed by atoms with van der Waals surface area (Å²) in [7, 11) is 1.31. The zero-order chi connectivity index (χ0) is 23.6. The summed E-state index contributed by atoms with van der Waals surface area (Å²) in [6.07, 6.45) is -0.210. The molecule has 0 bridgehead atoms. The van der Waals surface area contributed by atoms with E-state index in [9.17, 15) is 22.8 Å². The summed E-state index contributed by atoms with van der Waals surface area (Å²) in [5.74, 6) is -0.500. The van der Waals surface area contributed by atoms with E-state index in [-0.39, 0.29) is 29.0 Å². The number of fused-ring (bicyclic) bond motifs is 1. The molecule has 33 heavy (non-hydrogen) atoms. The Morgan fingerprint density at radius 3 is 2.85 bits per heavy atom. The van der Waals surface area contributed by atoms with Crippen LogP contribution in [0, 0.1) is 0 Å². The predicted octanol–water partition coefficient (Wildman–Crippen LogP) is 3.67. The van der Waals surface area contributed by atoms with E-state index >= 15 is 0 Å². The molecule has 1 atom stereocenters. The first-order valence-electron chi connectivity index (χ1n) is 10.7. The molecule has 1 aromatic heterocycles. The average molecular weight is 484 g/mol. The third-order valence-corrected chi connectivity index (χ3v) is 6.77. The largest absolute Gasteiger partial charge is 0.495 e. The van der Waals surface area contributed by atoms with Gasteiger partial charge in [0.2, 0.25) is 5.91 Å². The fraction of sp³-hybridized carbons (Fsp3) is 0.500. The summed E-state index contributed by atoms with van der Waals surface area (Å²) in [5.41, 5.74) is 0.576. The monoisotopic (exact) mass is 483 g/mol. The van der Waals surface area contributed by atoms with Crippen LogP contribution in [-0.2, 0) is 35.1 Å². The first-order chi connectivity index (χ1) is 15.8. The fourth-order valence-electron chi connectivity index (χ4n) is 4.19. The van der Waals surface area contributed by atoms with Crippen molar-refractivity contribution in [1.82, 2.24) is 9.55 Å². The standard InChI is InChI=1S/C22H24F3N3O4S/c1-31-18-8-7-13(22(23,24)25)10-16(18)26-19(29)12-33-20-15-5-2-6-17(15)28(21(30)27-20)11-14-4-3-9-32-14/h7-8,10,14H,2-6,9,11-12H2,1H3,(H,26,29). The number of methoxy groups -OCH3 is 1. The van der Waals surface area contributed by atoms with Crippen molar-refractivity contribution in [3.63, 3.8) is 0 Å².